The van der Waals surface area contributed by atoms with Crippen LogP contribution in [-0.2, 0) is 13.0 Å². The van der Waals surface area contributed by atoms with Crippen LogP contribution in [0.1, 0.15) is 29.9 Å². The predicted octanol–water partition coefficient (Wildman–Crippen LogP) is 4.67. The summed E-state index contributed by atoms with van der Waals surface area (Å²) in [4.78, 5) is 8.10. The smallest absolute Gasteiger partial charge is 0.236 e. The molecule has 3 aromatic rings. The molecule has 1 fully saturated rings. The van der Waals surface area contributed by atoms with Gasteiger partial charge in [0.1, 0.15) is 11.6 Å². The van der Waals surface area contributed by atoms with E-state index >= 15 is 0 Å². The Hall–Kier alpha value is -2.02. The largest absolute Gasteiger partial charge is 0.440 e. The summed E-state index contributed by atoms with van der Waals surface area (Å²) >= 11 is 1.62. The fourth-order valence-corrected chi connectivity index (χ4v) is 4.75. The van der Waals surface area contributed by atoms with Crippen molar-refractivity contribution in [3.8, 4) is 10.8 Å². The van der Waals surface area contributed by atoms with Crippen LogP contribution in [0.3, 0.4) is 0 Å². The van der Waals surface area contributed by atoms with Gasteiger partial charge in [-0.2, -0.15) is 0 Å². The lowest BCUT2D eigenvalue weighted by molar-refractivity contribution is 0.0282. The number of hydrogen-bond donors (Lipinski definition) is 1. The molecule has 0 aliphatic carbocycles. The molecule has 3 heterocycles. The van der Waals surface area contributed by atoms with E-state index in [2.05, 4.69) is 4.90 Å². The van der Waals surface area contributed by atoms with Crippen LogP contribution in [0.5, 0.6) is 0 Å². The molecule has 1 atom stereocenters. The SMILES string of the molecule is Cc1oc(-c2cccs2)nc1CN1CCC[C@@](CO)(Cc2ccc(F)cc2)C1. The van der Waals surface area contributed by atoms with Gasteiger partial charge in [0.15, 0.2) is 0 Å². The van der Waals surface area contributed by atoms with Gasteiger partial charge in [-0.3, -0.25) is 4.90 Å². The molecule has 6 heteroatoms. The highest BCUT2D eigenvalue weighted by Gasteiger charge is 2.35. The Morgan fingerprint density at radius 2 is 2.11 bits per heavy atom. The van der Waals surface area contributed by atoms with Gasteiger partial charge in [-0.25, -0.2) is 9.37 Å². The molecule has 1 aromatic carbocycles. The lowest BCUT2D eigenvalue weighted by Crippen LogP contribution is -2.46. The van der Waals surface area contributed by atoms with Crippen LogP contribution >= 0.6 is 11.3 Å². The minimum atomic E-state index is -0.227. The van der Waals surface area contributed by atoms with Crippen LogP contribution in [-0.4, -0.2) is 34.7 Å². The minimum absolute atomic E-state index is 0.124. The Morgan fingerprint density at radius 1 is 1.29 bits per heavy atom. The van der Waals surface area contributed by atoms with Crippen molar-refractivity contribution in [2.45, 2.75) is 32.7 Å². The first-order valence-corrected chi connectivity index (χ1v) is 10.5. The van der Waals surface area contributed by atoms with Gasteiger partial charge in [0.25, 0.3) is 0 Å². The lowest BCUT2D eigenvalue weighted by atomic mass is 9.75. The van der Waals surface area contributed by atoms with Gasteiger partial charge in [-0.05, 0) is 61.9 Å². The predicted molar refractivity (Wildman–Crippen MR) is 109 cm³/mol. The standard InChI is InChI=1S/C22H25FN2O2S/c1-16-19(24-21(27-16)20-4-2-11-28-20)13-25-10-3-9-22(14-25,15-26)12-17-5-7-18(23)8-6-17/h2,4-8,11,26H,3,9-10,12-15H2,1H3/t22-/m1/s1. The maximum Gasteiger partial charge on any atom is 0.236 e. The van der Waals surface area contributed by atoms with Crippen molar-refractivity contribution in [2.24, 2.45) is 5.41 Å². The quantitative estimate of drug-likeness (QED) is 0.653. The van der Waals surface area contributed by atoms with Gasteiger partial charge >= 0.3 is 0 Å². The molecule has 1 N–H and O–H groups in total. The van der Waals surface area contributed by atoms with Gasteiger partial charge < -0.3 is 9.52 Å². The molecule has 1 saturated heterocycles. The third-order valence-electron chi connectivity index (χ3n) is 5.57. The van der Waals surface area contributed by atoms with Crippen molar-refractivity contribution in [2.75, 3.05) is 19.7 Å². The first-order valence-electron chi connectivity index (χ1n) is 9.65. The number of likely N-dealkylation sites (tertiary alicyclic amines) is 1. The summed E-state index contributed by atoms with van der Waals surface area (Å²) in [6.07, 6.45) is 2.74. The van der Waals surface area contributed by atoms with E-state index in [0.29, 0.717) is 12.4 Å². The van der Waals surface area contributed by atoms with Crippen molar-refractivity contribution in [3.63, 3.8) is 0 Å². The molecular formula is C22H25FN2O2S. The zero-order valence-corrected chi connectivity index (χ0v) is 16.8. The zero-order chi connectivity index (χ0) is 19.6. The van der Waals surface area contributed by atoms with E-state index < -0.39 is 0 Å². The minimum Gasteiger partial charge on any atom is -0.440 e. The maximum absolute atomic E-state index is 13.2. The number of aliphatic hydroxyl groups is 1. The van der Waals surface area contributed by atoms with Crippen molar-refractivity contribution in [1.29, 1.82) is 0 Å². The number of piperidine rings is 1. The Kier molecular flexibility index (Phi) is 5.62. The Morgan fingerprint density at radius 3 is 2.82 bits per heavy atom. The second-order valence-corrected chi connectivity index (χ2v) is 8.72. The first kappa shape index (κ1) is 19.3. The number of benzene rings is 1. The number of halogens is 1. The molecular weight excluding hydrogens is 375 g/mol. The van der Waals surface area contributed by atoms with Crippen LogP contribution in [0.25, 0.3) is 10.8 Å². The van der Waals surface area contributed by atoms with Crippen LogP contribution in [0.4, 0.5) is 4.39 Å². The topological polar surface area (TPSA) is 49.5 Å². The van der Waals surface area contributed by atoms with Crippen molar-refractivity contribution >= 4 is 11.3 Å². The number of rotatable bonds is 6. The fourth-order valence-electron chi connectivity index (χ4n) is 4.10. The number of oxazole rings is 1. The van der Waals surface area contributed by atoms with Crippen molar-refractivity contribution in [1.82, 2.24) is 9.88 Å². The van der Waals surface area contributed by atoms with E-state index in [0.717, 1.165) is 54.2 Å². The number of thiophene rings is 1. The van der Waals surface area contributed by atoms with E-state index in [-0.39, 0.29) is 17.8 Å². The molecule has 4 rings (SSSR count). The van der Waals surface area contributed by atoms with Crippen molar-refractivity contribution < 1.29 is 13.9 Å². The molecule has 1 aliphatic heterocycles. The molecule has 28 heavy (non-hydrogen) atoms. The normalized spacial score (nSPS) is 20.5. The van der Waals surface area contributed by atoms with Gasteiger partial charge in [0, 0.05) is 18.5 Å². The maximum atomic E-state index is 13.2. The third-order valence-corrected chi connectivity index (χ3v) is 6.42. The second kappa shape index (κ2) is 8.15. The highest BCUT2D eigenvalue weighted by atomic mass is 32.1. The van der Waals surface area contributed by atoms with Gasteiger partial charge in [-0.1, -0.05) is 18.2 Å². The highest BCUT2D eigenvalue weighted by Crippen LogP contribution is 2.35. The average Bonchev–Trinajstić information content (AvgIpc) is 3.34. The number of nitrogens with zero attached hydrogens (tertiary/aromatic N) is 2. The van der Waals surface area contributed by atoms with E-state index in [1.54, 1.807) is 11.3 Å². The van der Waals surface area contributed by atoms with Crippen LogP contribution in [0.2, 0.25) is 0 Å². The van der Waals surface area contributed by atoms with E-state index in [1.165, 1.54) is 12.1 Å². The van der Waals surface area contributed by atoms with Gasteiger partial charge in [-0.15, -0.1) is 11.3 Å². The summed E-state index contributed by atoms with van der Waals surface area (Å²) in [6.45, 7) is 4.57. The van der Waals surface area contributed by atoms with Crippen LogP contribution < -0.4 is 0 Å². The Balaban J connectivity index is 1.48. The van der Waals surface area contributed by atoms with E-state index in [4.69, 9.17) is 9.40 Å². The lowest BCUT2D eigenvalue weighted by Gasteiger charge is -2.42. The van der Waals surface area contributed by atoms with E-state index in [1.807, 2.05) is 36.6 Å². The summed E-state index contributed by atoms with van der Waals surface area (Å²) in [5.74, 6) is 1.30. The molecule has 4 nitrogen and oxygen atoms in total. The van der Waals surface area contributed by atoms with Crippen LogP contribution in [0, 0.1) is 18.2 Å². The summed E-state index contributed by atoms with van der Waals surface area (Å²) in [7, 11) is 0. The highest BCUT2D eigenvalue weighted by molar-refractivity contribution is 7.13. The van der Waals surface area contributed by atoms with Crippen molar-refractivity contribution in [3.05, 3.63) is 64.6 Å². The molecule has 0 amide bonds. The summed E-state index contributed by atoms with van der Waals surface area (Å²) in [5, 5.41) is 12.2. The molecule has 0 saturated carbocycles. The monoisotopic (exact) mass is 400 g/mol. The van der Waals surface area contributed by atoms with Crippen LogP contribution in [0.15, 0.2) is 46.2 Å². The van der Waals surface area contributed by atoms with E-state index in [9.17, 15) is 9.50 Å². The zero-order valence-electron chi connectivity index (χ0n) is 16.0. The molecule has 148 valence electrons. The Bertz CT molecular complexity index is 907. The average molecular weight is 401 g/mol. The first-order chi connectivity index (χ1) is 13.6. The molecule has 1 aliphatic rings. The number of hydrogen-bond acceptors (Lipinski definition) is 5. The number of aryl methyl sites for hydroxylation is 1. The third kappa shape index (κ3) is 4.19. The molecule has 0 radical (unpaired) electrons. The molecule has 0 spiro atoms. The Labute approximate surface area is 168 Å². The second-order valence-electron chi connectivity index (χ2n) is 7.77. The summed E-state index contributed by atoms with van der Waals surface area (Å²) in [6, 6.07) is 10.6. The molecule has 0 unspecified atom stereocenters. The fraction of sp³-hybridized carbons (Fsp3) is 0.409. The molecule has 0 bridgehead atoms. The van der Waals surface area contributed by atoms with Gasteiger partial charge in [0.2, 0.25) is 5.89 Å². The molecule has 2 aromatic heterocycles. The number of aromatic nitrogens is 1. The van der Waals surface area contributed by atoms with Gasteiger partial charge in [0.05, 0.1) is 17.2 Å². The summed E-state index contributed by atoms with van der Waals surface area (Å²) < 4.78 is 19.1. The number of aliphatic hydroxyl groups excluding tert-OH is 1. The summed E-state index contributed by atoms with van der Waals surface area (Å²) in [5.41, 5.74) is 1.82.